The number of carbonyl (C=O) groups is 1. The van der Waals surface area contributed by atoms with Crippen molar-refractivity contribution >= 4 is 41.0 Å². The summed E-state index contributed by atoms with van der Waals surface area (Å²) < 4.78 is 40.1. The molecule has 29 heavy (non-hydrogen) atoms. The number of benzene rings is 2. The Morgan fingerprint density at radius 2 is 1.69 bits per heavy atom. The Bertz CT molecular complexity index is 812. The smallest absolute Gasteiger partial charge is 0.334 e. The molecule has 1 N–H and O–H groups in total. The summed E-state index contributed by atoms with van der Waals surface area (Å²) >= 11 is 1.85. The maximum Gasteiger partial charge on any atom is 0.416 e. The van der Waals surface area contributed by atoms with Gasteiger partial charge in [0.1, 0.15) is 0 Å². The quantitative estimate of drug-likeness (QED) is 0.569. The lowest BCUT2D eigenvalue weighted by Crippen LogP contribution is -2.51. The first-order valence-corrected chi connectivity index (χ1v) is 10.1. The first-order chi connectivity index (χ1) is 13.3. The van der Waals surface area contributed by atoms with E-state index in [0.29, 0.717) is 16.7 Å². The third-order valence-electron chi connectivity index (χ3n) is 4.72. The molecule has 1 aliphatic heterocycles. The van der Waals surface area contributed by atoms with E-state index in [0.717, 1.165) is 25.7 Å². The molecule has 0 saturated carbocycles. The van der Waals surface area contributed by atoms with Gasteiger partial charge in [0.05, 0.1) is 5.56 Å². The van der Waals surface area contributed by atoms with E-state index < -0.39 is 11.7 Å². The average molecular weight is 540 g/mol. The molecular formula is C20H22ClF3IN3O. The Balaban J connectivity index is 0.00000300. The van der Waals surface area contributed by atoms with E-state index in [4.69, 9.17) is 0 Å². The molecule has 9 heteroatoms. The zero-order chi connectivity index (χ0) is 20.1. The lowest BCUT2D eigenvalue weighted by atomic mass is 10.1. The van der Waals surface area contributed by atoms with Crippen LogP contribution in [0.3, 0.4) is 0 Å². The Kier molecular flexibility index (Phi) is 8.59. The van der Waals surface area contributed by atoms with Crippen molar-refractivity contribution in [3.63, 3.8) is 0 Å². The molecule has 2 aromatic rings. The topological polar surface area (TPSA) is 35.6 Å². The summed E-state index contributed by atoms with van der Waals surface area (Å²) in [4.78, 5) is 16.3. The highest BCUT2D eigenvalue weighted by molar-refractivity contribution is 14.1. The van der Waals surface area contributed by atoms with Gasteiger partial charge in [-0.05, 0) is 45.9 Å². The van der Waals surface area contributed by atoms with Gasteiger partial charge in [-0.1, -0.05) is 36.4 Å². The van der Waals surface area contributed by atoms with Crippen molar-refractivity contribution in [1.29, 1.82) is 0 Å². The fraction of sp³-hybridized carbons (Fsp3) is 0.350. The minimum atomic E-state index is -4.44. The number of hydrogen-bond donors (Lipinski definition) is 1. The number of halogens is 5. The highest BCUT2D eigenvalue weighted by atomic mass is 127. The van der Waals surface area contributed by atoms with Crippen LogP contribution in [0.25, 0.3) is 0 Å². The molecule has 0 atom stereocenters. The molecule has 158 valence electrons. The molecule has 0 unspecified atom stereocenters. The van der Waals surface area contributed by atoms with Gasteiger partial charge in [0.25, 0.3) is 0 Å². The first-order valence-electron chi connectivity index (χ1n) is 8.97. The van der Waals surface area contributed by atoms with Crippen molar-refractivity contribution in [1.82, 2.24) is 15.1 Å². The van der Waals surface area contributed by atoms with E-state index in [2.05, 4.69) is 22.3 Å². The number of alkyl halides is 3. The van der Waals surface area contributed by atoms with Crippen molar-refractivity contribution < 1.29 is 18.0 Å². The van der Waals surface area contributed by atoms with Crippen LogP contribution in [-0.4, -0.2) is 42.0 Å². The van der Waals surface area contributed by atoms with E-state index in [1.165, 1.54) is 11.6 Å². The van der Waals surface area contributed by atoms with Gasteiger partial charge in [0.2, 0.25) is 0 Å². The number of piperazine rings is 1. The number of nitrogens with zero attached hydrogens (tertiary/aromatic N) is 2. The van der Waals surface area contributed by atoms with Crippen LogP contribution in [0, 0.1) is 3.57 Å². The fourth-order valence-electron chi connectivity index (χ4n) is 3.20. The normalized spacial score (nSPS) is 15.0. The van der Waals surface area contributed by atoms with Crippen LogP contribution in [0.5, 0.6) is 0 Å². The van der Waals surface area contributed by atoms with Crippen LogP contribution in [-0.2, 0) is 19.3 Å². The summed E-state index contributed by atoms with van der Waals surface area (Å²) in [6.45, 7) is 3.26. The van der Waals surface area contributed by atoms with Gasteiger partial charge < -0.3 is 10.2 Å². The van der Waals surface area contributed by atoms with Crippen LogP contribution in [0.1, 0.15) is 16.7 Å². The van der Waals surface area contributed by atoms with E-state index in [-0.39, 0.29) is 30.5 Å². The summed E-state index contributed by atoms with van der Waals surface area (Å²) in [7, 11) is 0. The maximum atomic E-state index is 13.2. The molecule has 0 aliphatic carbocycles. The number of nitrogens with one attached hydrogen (secondary N) is 1. The molecular weight excluding hydrogens is 518 g/mol. The molecule has 1 saturated heterocycles. The molecule has 2 amide bonds. The standard InChI is InChI=1S/C20H21F3IN3O.ClH/c21-20(22,23)18-12-17(24)7-6-16(18)13-25-19(28)27-10-8-26(9-11-27)14-15-4-2-1-3-5-15;/h1-7,12H,8-11,13-14H2,(H,25,28);1H. The second kappa shape index (κ2) is 10.5. The van der Waals surface area contributed by atoms with Crippen LogP contribution >= 0.6 is 35.0 Å². The molecule has 2 aromatic carbocycles. The molecule has 3 rings (SSSR count). The van der Waals surface area contributed by atoms with Gasteiger partial charge in [0, 0.05) is 42.8 Å². The van der Waals surface area contributed by atoms with E-state index in [1.54, 1.807) is 11.0 Å². The summed E-state index contributed by atoms with van der Waals surface area (Å²) in [6, 6.07) is 13.9. The number of hydrogen-bond acceptors (Lipinski definition) is 2. The molecule has 4 nitrogen and oxygen atoms in total. The minimum absolute atomic E-state index is 0. The summed E-state index contributed by atoms with van der Waals surface area (Å²) in [5.74, 6) is 0. The first kappa shape index (κ1) is 23.8. The Labute approximate surface area is 188 Å². The second-order valence-corrected chi connectivity index (χ2v) is 7.95. The summed E-state index contributed by atoms with van der Waals surface area (Å²) in [6.07, 6.45) is -4.44. The number of amides is 2. The Hall–Kier alpha value is -1.52. The number of carbonyl (C=O) groups excluding carboxylic acids is 1. The predicted molar refractivity (Wildman–Crippen MR) is 117 cm³/mol. The van der Waals surface area contributed by atoms with Crippen LogP contribution < -0.4 is 5.32 Å². The van der Waals surface area contributed by atoms with Crippen molar-refractivity contribution in [2.45, 2.75) is 19.3 Å². The SMILES string of the molecule is Cl.O=C(NCc1ccc(I)cc1C(F)(F)F)N1CCN(Cc2ccccc2)CC1. The molecule has 0 bridgehead atoms. The van der Waals surface area contributed by atoms with Crippen LogP contribution in [0.2, 0.25) is 0 Å². The molecule has 1 heterocycles. The zero-order valence-electron chi connectivity index (χ0n) is 15.6. The van der Waals surface area contributed by atoms with Crippen molar-refractivity contribution in [3.05, 3.63) is 68.8 Å². The van der Waals surface area contributed by atoms with Gasteiger partial charge >= 0.3 is 12.2 Å². The number of rotatable bonds is 4. The Morgan fingerprint density at radius 1 is 1.03 bits per heavy atom. The second-order valence-electron chi connectivity index (χ2n) is 6.71. The monoisotopic (exact) mass is 539 g/mol. The molecule has 1 aliphatic rings. The highest BCUT2D eigenvalue weighted by Crippen LogP contribution is 2.33. The van der Waals surface area contributed by atoms with Crippen molar-refractivity contribution in [2.24, 2.45) is 0 Å². The number of urea groups is 1. The van der Waals surface area contributed by atoms with Gasteiger partial charge in [-0.3, -0.25) is 4.90 Å². The van der Waals surface area contributed by atoms with Crippen molar-refractivity contribution in [3.8, 4) is 0 Å². The molecule has 0 spiro atoms. The maximum absolute atomic E-state index is 13.2. The molecule has 0 aromatic heterocycles. The van der Waals surface area contributed by atoms with Crippen molar-refractivity contribution in [2.75, 3.05) is 26.2 Å². The zero-order valence-corrected chi connectivity index (χ0v) is 18.6. The average Bonchev–Trinajstić information content (AvgIpc) is 2.67. The predicted octanol–water partition coefficient (Wildman–Crippen LogP) is 4.76. The highest BCUT2D eigenvalue weighted by Gasteiger charge is 2.33. The van der Waals surface area contributed by atoms with Crippen LogP contribution in [0.15, 0.2) is 48.5 Å². The summed E-state index contributed by atoms with van der Waals surface area (Å²) in [5.41, 5.74) is 0.593. The lowest BCUT2D eigenvalue weighted by molar-refractivity contribution is -0.138. The lowest BCUT2D eigenvalue weighted by Gasteiger charge is -2.34. The van der Waals surface area contributed by atoms with Gasteiger partial charge in [0.15, 0.2) is 0 Å². The van der Waals surface area contributed by atoms with Crippen LogP contribution in [0.4, 0.5) is 18.0 Å². The largest absolute Gasteiger partial charge is 0.416 e. The Morgan fingerprint density at radius 3 is 2.31 bits per heavy atom. The fourth-order valence-corrected chi connectivity index (χ4v) is 3.69. The van der Waals surface area contributed by atoms with E-state index in [9.17, 15) is 18.0 Å². The third-order valence-corrected chi connectivity index (χ3v) is 5.39. The van der Waals surface area contributed by atoms with E-state index in [1.807, 2.05) is 40.8 Å². The minimum Gasteiger partial charge on any atom is -0.334 e. The molecule has 1 fully saturated rings. The summed E-state index contributed by atoms with van der Waals surface area (Å²) in [5, 5.41) is 2.63. The van der Waals surface area contributed by atoms with E-state index >= 15 is 0 Å². The third kappa shape index (κ3) is 6.75. The van der Waals surface area contributed by atoms with Gasteiger partial charge in [-0.25, -0.2) is 4.79 Å². The van der Waals surface area contributed by atoms with Gasteiger partial charge in [-0.2, -0.15) is 13.2 Å². The van der Waals surface area contributed by atoms with Gasteiger partial charge in [-0.15, -0.1) is 12.4 Å². The molecule has 0 radical (unpaired) electrons.